The molecule has 6 nitrogen and oxygen atoms in total. The molecule has 0 aromatic heterocycles. The van der Waals surface area contributed by atoms with Gasteiger partial charge in [0.15, 0.2) is 0 Å². The van der Waals surface area contributed by atoms with E-state index < -0.39 is 23.6 Å². The summed E-state index contributed by atoms with van der Waals surface area (Å²) < 4.78 is 5.35. The van der Waals surface area contributed by atoms with Gasteiger partial charge in [-0.25, -0.2) is 4.79 Å². The molecule has 27 heavy (non-hydrogen) atoms. The van der Waals surface area contributed by atoms with Gasteiger partial charge < -0.3 is 14.7 Å². The van der Waals surface area contributed by atoms with Gasteiger partial charge in [-0.3, -0.25) is 9.69 Å². The first-order valence-corrected chi connectivity index (χ1v) is 9.45. The molecule has 1 aromatic rings. The third-order valence-electron chi connectivity index (χ3n) is 4.15. The molecule has 0 spiro atoms. The van der Waals surface area contributed by atoms with Crippen LogP contribution in [0.4, 0.5) is 4.79 Å². The van der Waals surface area contributed by atoms with Crippen LogP contribution in [0, 0.1) is 0 Å². The standard InChI is InChI=1S/C20H31ClN2O4/c1-14(2)23(12-11-22(6)19(26)27-20(3,4)5)13-17(18(24)25)15-7-9-16(21)10-8-15/h7-10,14,17H,11-13H2,1-6H3,(H,24,25)/t17-/m1/s1. The number of carboxylic acid groups (broad SMARTS) is 1. The van der Waals surface area contributed by atoms with E-state index in [1.54, 1.807) is 31.3 Å². The molecule has 0 heterocycles. The number of benzene rings is 1. The summed E-state index contributed by atoms with van der Waals surface area (Å²) in [4.78, 5) is 27.5. The Balaban J connectivity index is 2.78. The summed E-state index contributed by atoms with van der Waals surface area (Å²) in [6.07, 6.45) is -0.390. The molecule has 0 fully saturated rings. The summed E-state index contributed by atoms with van der Waals surface area (Å²) in [5.74, 6) is -1.56. The van der Waals surface area contributed by atoms with Crippen molar-refractivity contribution in [2.24, 2.45) is 0 Å². The Hall–Kier alpha value is -1.79. The first-order chi connectivity index (χ1) is 12.4. The van der Waals surface area contributed by atoms with Crippen LogP contribution in [-0.4, -0.2) is 65.3 Å². The zero-order chi connectivity index (χ0) is 20.8. The highest BCUT2D eigenvalue weighted by molar-refractivity contribution is 6.30. The van der Waals surface area contributed by atoms with Crippen LogP contribution in [0.5, 0.6) is 0 Å². The maximum atomic E-state index is 12.1. The second-order valence-electron chi connectivity index (χ2n) is 7.93. The molecule has 0 unspecified atom stereocenters. The Bertz CT molecular complexity index is 626. The van der Waals surface area contributed by atoms with Crippen LogP contribution in [0.15, 0.2) is 24.3 Å². The number of hydrogen-bond acceptors (Lipinski definition) is 4. The first kappa shape index (κ1) is 23.2. The van der Waals surface area contributed by atoms with Crippen molar-refractivity contribution in [2.45, 2.75) is 52.2 Å². The molecular weight excluding hydrogens is 368 g/mol. The molecule has 152 valence electrons. The Labute approximate surface area is 167 Å². The Kier molecular flexibility index (Phi) is 8.57. The van der Waals surface area contributed by atoms with E-state index in [9.17, 15) is 14.7 Å². The normalized spacial score (nSPS) is 12.9. The number of aliphatic carboxylic acids is 1. The fourth-order valence-corrected chi connectivity index (χ4v) is 2.65. The third-order valence-corrected chi connectivity index (χ3v) is 4.40. The van der Waals surface area contributed by atoms with Gasteiger partial charge in [-0.05, 0) is 52.3 Å². The van der Waals surface area contributed by atoms with Gasteiger partial charge in [-0.2, -0.15) is 0 Å². The smallest absolute Gasteiger partial charge is 0.410 e. The number of hydrogen-bond donors (Lipinski definition) is 1. The van der Waals surface area contributed by atoms with Crippen LogP contribution < -0.4 is 0 Å². The molecule has 0 radical (unpaired) electrons. The highest BCUT2D eigenvalue weighted by atomic mass is 35.5. The molecule has 1 aromatic carbocycles. The number of halogens is 1. The average molecular weight is 399 g/mol. The van der Waals surface area contributed by atoms with Crippen molar-refractivity contribution in [3.8, 4) is 0 Å². The van der Waals surface area contributed by atoms with Crippen LogP contribution in [0.2, 0.25) is 5.02 Å². The number of nitrogens with zero attached hydrogens (tertiary/aromatic N) is 2. The molecule has 0 saturated carbocycles. The van der Waals surface area contributed by atoms with Gasteiger partial charge in [0.05, 0.1) is 5.92 Å². The quantitative estimate of drug-likeness (QED) is 0.714. The Morgan fingerprint density at radius 2 is 1.70 bits per heavy atom. The number of ether oxygens (including phenoxy) is 1. The molecule has 0 aliphatic heterocycles. The SMILES string of the molecule is CC(C)N(CCN(C)C(=O)OC(C)(C)C)C[C@@H](C(=O)O)c1ccc(Cl)cc1. The summed E-state index contributed by atoms with van der Waals surface area (Å²) >= 11 is 5.90. The molecule has 1 amide bonds. The predicted molar refractivity (Wildman–Crippen MR) is 107 cm³/mol. The van der Waals surface area contributed by atoms with E-state index in [-0.39, 0.29) is 6.04 Å². The van der Waals surface area contributed by atoms with E-state index in [1.807, 2.05) is 39.5 Å². The highest BCUT2D eigenvalue weighted by Gasteiger charge is 2.25. The number of carbonyl (C=O) groups excluding carboxylic acids is 1. The number of rotatable bonds is 8. The minimum absolute atomic E-state index is 0.131. The van der Waals surface area contributed by atoms with E-state index >= 15 is 0 Å². The van der Waals surface area contributed by atoms with Gasteiger partial charge in [-0.1, -0.05) is 23.7 Å². The largest absolute Gasteiger partial charge is 0.481 e. The zero-order valence-electron chi connectivity index (χ0n) is 17.0. The zero-order valence-corrected chi connectivity index (χ0v) is 17.8. The lowest BCUT2D eigenvalue weighted by Crippen LogP contribution is -2.43. The minimum Gasteiger partial charge on any atom is -0.481 e. The predicted octanol–water partition coefficient (Wildman–Crippen LogP) is 4.09. The fourth-order valence-electron chi connectivity index (χ4n) is 2.53. The van der Waals surface area contributed by atoms with E-state index in [0.29, 0.717) is 30.2 Å². The molecule has 1 N–H and O–H groups in total. The van der Waals surface area contributed by atoms with Crippen molar-refractivity contribution >= 4 is 23.7 Å². The summed E-state index contributed by atoms with van der Waals surface area (Å²) in [7, 11) is 1.68. The van der Waals surface area contributed by atoms with Crippen LogP contribution in [0.1, 0.15) is 46.1 Å². The fraction of sp³-hybridized carbons (Fsp3) is 0.600. The van der Waals surface area contributed by atoms with Gasteiger partial charge in [0.1, 0.15) is 5.60 Å². The Morgan fingerprint density at radius 3 is 2.15 bits per heavy atom. The van der Waals surface area contributed by atoms with E-state index in [2.05, 4.69) is 0 Å². The van der Waals surface area contributed by atoms with Gasteiger partial charge >= 0.3 is 12.1 Å². The number of amides is 1. The second kappa shape index (κ2) is 9.95. The lowest BCUT2D eigenvalue weighted by molar-refractivity contribution is -0.139. The molecular formula is C20H31ClN2O4. The second-order valence-corrected chi connectivity index (χ2v) is 8.37. The maximum Gasteiger partial charge on any atom is 0.410 e. The van der Waals surface area contributed by atoms with Gasteiger partial charge in [0, 0.05) is 37.7 Å². The first-order valence-electron chi connectivity index (χ1n) is 9.07. The molecule has 0 saturated heterocycles. The highest BCUT2D eigenvalue weighted by Crippen LogP contribution is 2.21. The number of likely N-dealkylation sites (N-methyl/N-ethyl adjacent to an activating group) is 1. The van der Waals surface area contributed by atoms with Crippen molar-refractivity contribution < 1.29 is 19.4 Å². The van der Waals surface area contributed by atoms with E-state index in [4.69, 9.17) is 16.3 Å². The molecule has 0 aliphatic rings. The van der Waals surface area contributed by atoms with Crippen LogP contribution >= 0.6 is 11.6 Å². The maximum absolute atomic E-state index is 12.1. The topological polar surface area (TPSA) is 70.1 Å². The molecule has 1 rings (SSSR count). The lowest BCUT2D eigenvalue weighted by Gasteiger charge is -2.31. The average Bonchev–Trinajstić information content (AvgIpc) is 2.53. The van der Waals surface area contributed by atoms with Crippen LogP contribution in [0.3, 0.4) is 0 Å². The van der Waals surface area contributed by atoms with Crippen LogP contribution in [0.25, 0.3) is 0 Å². The number of carboxylic acids is 1. The molecule has 0 bridgehead atoms. The van der Waals surface area contributed by atoms with E-state index in [0.717, 1.165) is 0 Å². The van der Waals surface area contributed by atoms with Crippen molar-refractivity contribution in [3.63, 3.8) is 0 Å². The summed E-state index contributed by atoms with van der Waals surface area (Å²) in [5, 5.41) is 10.2. The van der Waals surface area contributed by atoms with Gasteiger partial charge in [0.2, 0.25) is 0 Å². The third kappa shape index (κ3) is 8.18. The lowest BCUT2D eigenvalue weighted by atomic mass is 9.98. The monoisotopic (exact) mass is 398 g/mol. The summed E-state index contributed by atoms with van der Waals surface area (Å²) in [5.41, 5.74) is 0.157. The van der Waals surface area contributed by atoms with Crippen molar-refractivity contribution in [2.75, 3.05) is 26.7 Å². The van der Waals surface area contributed by atoms with Crippen molar-refractivity contribution in [1.82, 2.24) is 9.80 Å². The van der Waals surface area contributed by atoms with Gasteiger partial charge in [-0.15, -0.1) is 0 Å². The Morgan fingerprint density at radius 1 is 1.15 bits per heavy atom. The summed E-state index contributed by atoms with van der Waals surface area (Å²) in [6.45, 7) is 10.8. The van der Waals surface area contributed by atoms with Crippen LogP contribution in [-0.2, 0) is 9.53 Å². The van der Waals surface area contributed by atoms with E-state index in [1.165, 1.54) is 4.90 Å². The molecule has 1 atom stereocenters. The van der Waals surface area contributed by atoms with Crippen molar-refractivity contribution in [1.29, 1.82) is 0 Å². The molecule has 7 heteroatoms. The number of carbonyl (C=O) groups is 2. The summed E-state index contributed by atoms with van der Waals surface area (Å²) in [6, 6.07) is 7.01. The molecule has 0 aliphatic carbocycles. The minimum atomic E-state index is -0.886. The van der Waals surface area contributed by atoms with Gasteiger partial charge in [0.25, 0.3) is 0 Å². The van der Waals surface area contributed by atoms with Crippen molar-refractivity contribution in [3.05, 3.63) is 34.9 Å².